The fraction of sp³-hybridized carbons (Fsp3) is 0.579. The first-order valence-electron chi connectivity index (χ1n) is 9.09. The van der Waals surface area contributed by atoms with Crippen LogP contribution in [0.1, 0.15) is 18.9 Å². The van der Waals surface area contributed by atoms with E-state index < -0.39 is 24.0 Å². The molecule has 1 amide bonds. The van der Waals surface area contributed by atoms with Gasteiger partial charge in [-0.3, -0.25) is 4.79 Å². The first kappa shape index (κ1) is 25.2. The van der Waals surface area contributed by atoms with Gasteiger partial charge in [-0.2, -0.15) is 11.8 Å². The summed E-state index contributed by atoms with van der Waals surface area (Å²) in [7, 11) is 3.21. The smallest absolute Gasteiger partial charge is 0.328 e. The van der Waals surface area contributed by atoms with Crippen molar-refractivity contribution < 1.29 is 19.8 Å². The Bertz CT molecular complexity index is 590. The standard InChI is InChI=1S/C19H30N2O4S3/c1-13(22)17(19(24)25)21-18(23)15(10-14-6-4-3-5-7-14)11-27-28-12-16(20)8-9-26-2/h3-7,13,15-17,22H,8-12,20H2,1-2H3,(H,21,23)(H,24,25)/t13-,15-,16+,17+/m1/s1. The largest absolute Gasteiger partial charge is 0.480 e. The third kappa shape index (κ3) is 10.1. The van der Waals surface area contributed by atoms with E-state index >= 15 is 0 Å². The molecule has 1 aromatic carbocycles. The number of rotatable bonds is 14. The zero-order valence-corrected chi connectivity index (χ0v) is 18.7. The monoisotopic (exact) mass is 446 g/mol. The van der Waals surface area contributed by atoms with Crippen molar-refractivity contribution >= 4 is 45.2 Å². The Morgan fingerprint density at radius 1 is 1.18 bits per heavy atom. The maximum atomic E-state index is 12.7. The summed E-state index contributed by atoms with van der Waals surface area (Å²) in [5.41, 5.74) is 7.08. The van der Waals surface area contributed by atoms with Gasteiger partial charge >= 0.3 is 5.97 Å². The number of carbonyl (C=O) groups is 2. The molecule has 0 saturated heterocycles. The highest BCUT2D eigenvalue weighted by Gasteiger charge is 2.28. The third-order valence-electron chi connectivity index (χ3n) is 4.07. The lowest BCUT2D eigenvalue weighted by molar-refractivity contribution is -0.145. The summed E-state index contributed by atoms with van der Waals surface area (Å²) in [4.78, 5) is 24.0. The highest BCUT2D eigenvalue weighted by atomic mass is 33.1. The lowest BCUT2D eigenvalue weighted by atomic mass is 9.99. The summed E-state index contributed by atoms with van der Waals surface area (Å²) in [6.45, 7) is 1.35. The topological polar surface area (TPSA) is 113 Å². The lowest BCUT2D eigenvalue weighted by Crippen LogP contribution is -2.50. The van der Waals surface area contributed by atoms with Gasteiger partial charge in [0, 0.05) is 17.5 Å². The molecule has 0 saturated carbocycles. The van der Waals surface area contributed by atoms with Crippen LogP contribution in [0.5, 0.6) is 0 Å². The number of carboxylic acid groups (broad SMARTS) is 1. The third-order valence-corrected chi connectivity index (χ3v) is 7.30. The summed E-state index contributed by atoms with van der Waals surface area (Å²) >= 11 is 1.77. The average Bonchev–Trinajstić information content (AvgIpc) is 2.66. The van der Waals surface area contributed by atoms with Crippen molar-refractivity contribution in [3.8, 4) is 0 Å². The van der Waals surface area contributed by atoms with E-state index in [4.69, 9.17) is 5.73 Å². The Kier molecular flexibility index (Phi) is 12.7. The number of aliphatic hydroxyl groups excluding tert-OH is 1. The molecule has 1 aromatic rings. The Balaban J connectivity index is 2.65. The Labute approximate surface area is 179 Å². The van der Waals surface area contributed by atoms with E-state index in [1.165, 1.54) is 6.92 Å². The fourth-order valence-electron chi connectivity index (χ4n) is 2.40. The second-order valence-electron chi connectivity index (χ2n) is 6.56. The van der Waals surface area contributed by atoms with E-state index in [0.29, 0.717) is 12.2 Å². The highest BCUT2D eigenvalue weighted by Crippen LogP contribution is 2.27. The predicted octanol–water partition coefficient (Wildman–Crippen LogP) is 2.26. The number of nitrogens with two attached hydrogens (primary N) is 1. The highest BCUT2D eigenvalue weighted by molar-refractivity contribution is 8.76. The van der Waals surface area contributed by atoms with Crippen LogP contribution in [0.15, 0.2) is 30.3 Å². The number of carboxylic acids is 1. The van der Waals surface area contributed by atoms with E-state index in [1.54, 1.807) is 33.3 Å². The van der Waals surface area contributed by atoms with Crippen LogP contribution in [0, 0.1) is 5.92 Å². The van der Waals surface area contributed by atoms with Crippen LogP contribution in [0.4, 0.5) is 0 Å². The first-order valence-corrected chi connectivity index (χ1v) is 13.0. The molecule has 1 rings (SSSR count). The lowest BCUT2D eigenvalue weighted by Gasteiger charge is -2.22. The number of amides is 1. The molecule has 6 nitrogen and oxygen atoms in total. The predicted molar refractivity (Wildman–Crippen MR) is 121 cm³/mol. The Morgan fingerprint density at radius 2 is 1.82 bits per heavy atom. The first-order chi connectivity index (χ1) is 13.3. The molecule has 0 aliphatic heterocycles. The number of nitrogens with one attached hydrogen (secondary N) is 1. The molecule has 158 valence electrons. The minimum Gasteiger partial charge on any atom is -0.480 e. The van der Waals surface area contributed by atoms with E-state index in [2.05, 4.69) is 11.6 Å². The molecule has 9 heteroatoms. The fourth-order valence-corrected chi connectivity index (χ4v) is 5.50. The van der Waals surface area contributed by atoms with Gasteiger partial charge in [-0.1, -0.05) is 51.9 Å². The Morgan fingerprint density at radius 3 is 2.39 bits per heavy atom. The zero-order chi connectivity index (χ0) is 20.9. The van der Waals surface area contributed by atoms with Crippen LogP contribution in [0.25, 0.3) is 0 Å². The van der Waals surface area contributed by atoms with Crippen LogP contribution in [-0.4, -0.2) is 63.8 Å². The zero-order valence-electron chi connectivity index (χ0n) is 16.2. The quantitative estimate of drug-likeness (QED) is 0.254. The molecule has 0 bridgehead atoms. The Hall–Kier alpha value is -0.870. The van der Waals surface area contributed by atoms with Gasteiger partial charge in [-0.05, 0) is 37.3 Å². The molecule has 0 spiro atoms. The molecule has 0 unspecified atom stereocenters. The molecule has 28 heavy (non-hydrogen) atoms. The number of aliphatic hydroxyl groups is 1. The number of benzene rings is 1. The number of aliphatic carboxylic acids is 1. The second kappa shape index (κ2) is 14.2. The van der Waals surface area contributed by atoms with Crippen molar-refractivity contribution in [1.82, 2.24) is 5.32 Å². The summed E-state index contributed by atoms with van der Waals surface area (Å²) in [6.07, 6.45) is 2.34. The number of hydrogen-bond acceptors (Lipinski definition) is 7. The summed E-state index contributed by atoms with van der Waals surface area (Å²) in [5, 5.41) is 21.3. The summed E-state index contributed by atoms with van der Waals surface area (Å²) in [6, 6.07) is 8.42. The van der Waals surface area contributed by atoms with Gasteiger partial charge in [0.2, 0.25) is 5.91 Å². The van der Waals surface area contributed by atoms with Crippen molar-refractivity contribution in [3.05, 3.63) is 35.9 Å². The van der Waals surface area contributed by atoms with Crippen LogP contribution in [0.3, 0.4) is 0 Å². The van der Waals surface area contributed by atoms with Crippen molar-refractivity contribution in [2.45, 2.75) is 38.0 Å². The van der Waals surface area contributed by atoms with Crippen LogP contribution >= 0.6 is 33.3 Å². The summed E-state index contributed by atoms with van der Waals surface area (Å²) < 4.78 is 0. The van der Waals surface area contributed by atoms with Crippen LogP contribution in [-0.2, 0) is 16.0 Å². The van der Waals surface area contributed by atoms with E-state index in [-0.39, 0.29) is 11.9 Å². The van der Waals surface area contributed by atoms with Crippen molar-refractivity contribution in [2.75, 3.05) is 23.5 Å². The molecule has 0 fully saturated rings. The molecule has 5 N–H and O–H groups in total. The SMILES string of the molecule is CSCC[C@H](N)CSSC[C@@H](Cc1ccccc1)C(=O)N[C@H](C(=O)O)[C@@H](C)O. The maximum absolute atomic E-state index is 12.7. The van der Waals surface area contributed by atoms with E-state index in [0.717, 1.165) is 23.5 Å². The molecular formula is C19H30N2O4S3. The van der Waals surface area contributed by atoms with Gasteiger partial charge in [0.25, 0.3) is 0 Å². The van der Waals surface area contributed by atoms with Gasteiger partial charge < -0.3 is 21.3 Å². The van der Waals surface area contributed by atoms with Gasteiger partial charge in [0.1, 0.15) is 0 Å². The minimum atomic E-state index is -1.32. The molecule has 0 radical (unpaired) electrons. The molecule has 0 heterocycles. The molecule has 0 aliphatic carbocycles. The van der Waals surface area contributed by atoms with Gasteiger partial charge in [0.15, 0.2) is 6.04 Å². The van der Waals surface area contributed by atoms with Crippen LogP contribution in [0.2, 0.25) is 0 Å². The number of thioether (sulfide) groups is 1. The van der Waals surface area contributed by atoms with Crippen molar-refractivity contribution in [1.29, 1.82) is 0 Å². The average molecular weight is 447 g/mol. The van der Waals surface area contributed by atoms with Crippen LogP contribution < -0.4 is 11.1 Å². The molecular weight excluding hydrogens is 416 g/mol. The van der Waals surface area contributed by atoms with E-state index in [9.17, 15) is 19.8 Å². The normalized spacial score (nSPS) is 15.4. The molecule has 4 atom stereocenters. The maximum Gasteiger partial charge on any atom is 0.328 e. The van der Waals surface area contributed by atoms with E-state index in [1.807, 2.05) is 30.3 Å². The van der Waals surface area contributed by atoms with Gasteiger partial charge in [-0.25, -0.2) is 4.79 Å². The molecule has 0 aromatic heterocycles. The van der Waals surface area contributed by atoms with Gasteiger partial charge in [-0.15, -0.1) is 0 Å². The second-order valence-corrected chi connectivity index (χ2v) is 10.1. The van der Waals surface area contributed by atoms with Crippen molar-refractivity contribution in [3.63, 3.8) is 0 Å². The number of carbonyl (C=O) groups excluding carboxylic acids is 1. The summed E-state index contributed by atoms with van der Waals surface area (Å²) in [5.74, 6) is 0.355. The van der Waals surface area contributed by atoms with Crippen molar-refractivity contribution in [2.24, 2.45) is 11.7 Å². The molecule has 0 aliphatic rings. The van der Waals surface area contributed by atoms with Gasteiger partial charge in [0.05, 0.1) is 12.0 Å². The minimum absolute atomic E-state index is 0.123. The number of hydrogen-bond donors (Lipinski definition) is 4.